The quantitative estimate of drug-likeness (QED) is 0.683. The van der Waals surface area contributed by atoms with Crippen LogP contribution >= 0.6 is 11.6 Å². The molecular formula is C20H24ClN5O2. The summed E-state index contributed by atoms with van der Waals surface area (Å²) in [6, 6.07) is 5.52. The van der Waals surface area contributed by atoms with Crippen molar-refractivity contribution in [1.29, 1.82) is 0 Å². The molecule has 1 aromatic carbocycles. The maximum atomic E-state index is 9.76. The van der Waals surface area contributed by atoms with Crippen LogP contribution in [0.25, 0.3) is 17.0 Å². The number of aromatic nitrogens is 3. The van der Waals surface area contributed by atoms with Crippen LogP contribution in [-0.2, 0) is 6.61 Å². The van der Waals surface area contributed by atoms with E-state index < -0.39 is 0 Å². The van der Waals surface area contributed by atoms with Crippen molar-refractivity contribution in [2.45, 2.75) is 19.4 Å². The SMILES string of the molecule is COc1cc(CO)c(-c2cn3ccc(N4CCC(CN)CC4)nc3n2)cc1Cl. The summed E-state index contributed by atoms with van der Waals surface area (Å²) in [5.41, 5.74) is 7.97. The van der Waals surface area contributed by atoms with Crippen LogP contribution in [0, 0.1) is 5.92 Å². The van der Waals surface area contributed by atoms with Gasteiger partial charge >= 0.3 is 0 Å². The second-order valence-electron chi connectivity index (χ2n) is 7.09. The van der Waals surface area contributed by atoms with Crippen molar-refractivity contribution in [2.24, 2.45) is 11.7 Å². The highest BCUT2D eigenvalue weighted by Crippen LogP contribution is 2.34. The third-order valence-corrected chi connectivity index (χ3v) is 5.70. The highest BCUT2D eigenvalue weighted by Gasteiger charge is 2.20. The van der Waals surface area contributed by atoms with Crippen molar-refractivity contribution in [1.82, 2.24) is 14.4 Å². The van der Waals surface area contributed by atoms with Crippen LogP contribution in [0.4, 0.5) is 5.82 Å². The lowest BCUT2D eigenvalue weighted by Crippen LogP contribution is -2.36. The molecule has 28 heavy (non-hydrogen) atoms. The summed E-state index contributed by atoms with van der Waals surface area (Å²) < 4.78 is 7.12. The summed E-state index contributed by atoms with van der Waals surface area (Å²) in [5, 5.41) is 10.2. The fraction of sp³-hybridized carbons (Fsp3) is 0.400. The third-order valence-electron chi connectivity index (χ3n) is 5.41. The molecule has 1 aliphatic rings. The maximum absolute atomic E-state index is 9.76. The molecule has 0 atom stereocenters. The molecule has 0 aliphatic carbocycles. The van der Waals surface area contributed by atoms with Crippen molar-refractivity contribution in [3.05, 3.63) is 41.2 Å². The Balaban J connectivity index is 1.67. The number of methoxy groups -OCH3 is 1. The first-order valence-corrected chi connectivity index (χ1v) is 9.79. The number of aliphatic hydroxyl groups is 1. The lowest BCUT2D eigenvalue weighted by atomic mass is 9.97. The standard InChI is InChI=1S/C20H24ClN5O2/c1-28-18-8-14(12-27)15(9-16(18)21)17-11-26-7-4-19(24-20(26)23-17)25-5-2-13(10-22)3-6-25/h4,7-9,11,13,27H,2-3,5-6,10,12,22H2,1H3. The van der Waals surface area contributed by atoms with Gasteiger partial charge in [0, 0.05) is 31.0 Å². The van der Waals surface area contributed by atoms with E-state index in [0.29, 0.717) is 33.7 Å². The summed E-state index contributed by atoms with van der Waals surface area (Å²) in [6.07, 6.45) is 6.04. The second-order valence-corrected chi connectivity index (χ2v) is 7.49. The number of piperidine rings is 1. The van der Waals surface area contributed by atoms with Crippen molar-refractivity contribution in [3.63, 3.8) is 0 Å². The highest BCUT2D eigenvalue weighted by molar-refractivity contribution is 6.32. The average molecular weight is 402 g/mol. The first-order chi connectivity index (χ1) is 13.6. The van der Waals surface area contributed by atoms with E-state index in [1.54, 1.807) is 19.2 Å². The zero-order valence-electron chi connectivity index (χ0n) is 15.8. The summed E-state index contributed by atoms with van der Waals surface area (Å²) in [6.45, 7) is 2.54. The van der Waals surface area contributed by atoms with Gasteiger partial charge in [-0.15, -0.1) is 0 Å². The van der Waals surface area contributed by atoms with Gasteiger partial charge in [0.05, 0.1) is 24.4 Å². The smallest absolute Gasteiger partial charge is 0.236 e. The number of aliphatic hydroxyl groups excluding tert-OH is 1. The second kappa shape index (κ2) is 7.95. The fourth-order valence-electron chi connectivity index (χ4n) is 3.69. The minimum Gasteiger partial charge on any atom is -0.495 e. The minimum atomic E-state index is -0.133. The van der Waals surface area contributed by atoms with E-state index in [2.05, 4.69) is 9.88 Å². The first kappa shape index (κ1) is 19.0. The number of halogens is 1. The van der Waals surface area contributed by atoms with E-state index in [1.807, 2.05) is 22.9 Å². The van der Waals surface area contributed by atoms with E-state index in [1.165, 1.54) is 0 Å². The lowest BCUT2D eigenvalue weighted by Gasteiger charge is -2.32. The predicted octanol–water partition coefficient (Wildman–Crippen LogP) is 2.73. The fourth-order valence-corrected chi connectivity index (χ4v) is 3.93. The maximum Gasteiger partial charge on any atom is 0.236 e. The minimum absolute atomic E-state index is 0.133. The Hall–Kier alpha value is -2.35. The Morgan fingerprint density at radius 2 is 2.07 bits per heavy atom. The van der Waals surface area contributed by atoms with Crippen LogP contribution in [0.15, 0.2) is 30.6 Å². The molecule has 0 bridgehead atoms. The molecule has 4 rings (SSSR count). The van der Waals surface area contributed by atoms with Crippen LogP contribution in [0.5, 0.6) is 5.75 Å². The molecule has 3 N–H and O–H groups in total. The normalized spacial score (nSPS) is 15.4. The molecular weight excluding hydrogens is 378 g/mol. The van der Waals surface area contributed by atoms with Gasteiger partial charge in [-0.05, 0) is 49.1 Å². The molecule has 1 saturated heterocycles. The Labute approximate surface area is 168 Å². The van der Waals surface area contributed by atoms with E-state index in [-0.39, 0.29) is 6.61 Å². The van der Waals surface area contributed by atoms with Gasteiger partial charge in [0.15, 0.2) is 0 Å². The zero-order chi connectivity index (χ0) is 19.7. The van der Waals surface area contributed by atoms with E-state index in [9.17, 15) is 5.11 Å². The zero-order valence-corrected chi connectivity index (χ0v) is 16.6. The average Bonchev–Trinajstić information content (AvgIpc) is 3.16. The van der Waals surface area contributed by atoms with Crippen LogP contribution in [0.3, 0.4) is 0 Å². The monoisotopic (exact) mass is 401 g/mol. The topological polar surface area (TPSA) is 88.9 Å². The third kappa shape index (κ3) is 3.53. The first-order valence-electron chi connectivity index (χ1n) is 9.41. The summed E-state index contributed by atoms with van der Waals surface area (Å²) >= 11 is 6.29. The number of hydrogen-bond acceptors (Lipinski definition) is 6. The van der Waals surface area contributed by atoms with Gasteiger partial charge in [-0.1, -0.05) is 11.6 Å². The molecule has 1 fully saturated rings. The predicted molar refractivity (Wildman–Crippen MR) is 110 cm³/mol. The molecule has 8 heteroatoms. The van der Waals surface area contributed by atoms with Crippen molar-refractivity contribution in [3.8, 4) is 17.0 Å². The van der Waals surface area contributed by atoms with Gasteiger partial charge in [0.1, 0.15) is 11.6 Å². The molecule has 2 aromatic heterocycles. The van der Waals surface area contributed by atoms with Gasteiger partial charge in [-0.2, -0.15) is 4.98 Å². The van der Waals surface area contributed by atoms with Crippen LogP contribution < -0.4 is 15.4 Å². The molecule has 0 amide bonds. The van der Waals surface area contributed by atoms with E-state index >= 15 is 0 Å². The van der Waals surface area contributed by atoms with Gasteiger partial charge in [-0.25, -0.2) is 4.98 Å². The number of nitrogens with zero attached hydrogens (tertiary/aromatic N) is 4. The number of imidazole rings is 1. The van der Waals surface area contributed by atoms with Gasteiger partial charge in [-0.3, -0.25) is 4.40 Å². The highest BCUT2D eigenvalue weighted by atomic mass is 35.5. The number of rotatable bonds is 5. The molecule has 0 spiro atoms. The molecule has 7 nitrogen and oxygen atoms in total. The summed E-state index contributed by atoms with van der Waals surface area (Å²) in [4.78, 5) is 11.7. The summed E-state index contributed by atoms with van der Waals surface area (Å²) in [5.74, 6) is 2.67. The number of benzene rings is 1. The van der Waals surface area contributed by atoms with Crippen molar-refractivity contribution in [2.75, 3.05) is 31.6 Å². The number of fused-ring (bicyclic) bond motifs is 1. The molecule has 148 valence electrons. The molecule has 0 unspecified atom stereocenters. The van der Waals surface area contributed by atoms with E-state index in [4.69, 9.17) is 27.1 Å². The molecule has 1 aliphatic heterocycles. The van der Waals surface area contributed by atoms with Gasteiger partial charge in [0.25, 0.3) is 0 Å². The van der Waals surface area contributed by atoms with Gasteiger partial charge < -0.3 is 20.5 Å². The number of hydrogen-bond donors (Lipinski definition) is 2. The lowest BCUT2D eigenvalue weighted by molar-refractivity contribution is 0.281. The number of anilines is 1. The van der Waals surface area contributed by atoms with Crippen LogP contribution in [0.2, 0.25) is 5.02 Å². The summed E-state index contributed by atoms with van der Waals surface area (Å²) in [7, 11) is 1.55. The Morgan fingerprint density at radius 1 is 1.29 bits per heavy atom. The molecule has 0 saturated carbocycles. The number of ether oxygens (including phenoxy) is 1. The molecule has 3 heterocycles. The largest absolute Gasteiger partial charge is 0.495 e. The Kier molecular flexibility index (Phi) is 5.39. The number of nitrogens with two attached hydrogens (primary N) is 1. The van der Waals surface area contributed by atoms with Crippen LogP contribution in [0.1, 0.15) is 18.4 Å². The van der Waals surface area contributed by atoms with E-state index in [0.717, 1.165) is 43.9 Å². The van der Waals surface area contributed by atoms with Crippen molar-refractivity contribution < 1.29 is 9.84 Å². The molecule has 3 aromatic rings. The van der Waals surface area contributed by atoms with Crippen LogP contribution in [-0.4, -0.2) is 46.2 Å². The van der Waals surface area contributed by atoms with Gasteiger partial charge in [0.2, 0.25) is 5.78 Å². The molecule has 0 radical (unpaired) electrons. The Morgan fingerprint density at radius 3 is 2.75 bits per heavy atom. The Bertz CT molecular complexity index is 982. The van der Waals surface area contributed by atoms with Crippen molar-refractivity contribution >= 4 is 23.2 Å².